The van der Waals surface area contributed by atoms with Crippen molar-refractivity contribution in [2.75, 3.05) is 32.8 Å². The third-order valence-electron chi connectivity index (χ3n) is 3.85. The van der Waals surface area contributed by atoms with Gasteiger partial charge in [-0.15, -0.1) is 0 Å². The molecule has 1 amide bonds. The predicted octanol–water partition coefficient (Wildman–Crippen LogP) is 0.640. The molecule has 0 aromatic rings. The van der Waals surface area contributed by atoms with Gasteiger partial charge in [0.05, 0.1) is 12.2 Å². The minimum atomic E-state index is -0.116. The van der Waals surface area contributed by atoms with Gasteiger partial charge in [0.15, 0.2) is 0 Å². The molecule has 1 aliphatic carbocycles. The van der Waals surface area contributed by atoms with Crippen LogP contribution in [-0.2, 0) is 4.79 Å². The molecule has 1 heterocycles. The van der Waals surface area contributed by atoms with Crippen LogP contribution >= 0.6 is 0 Å². The van der Waals surface area contributed by atoms with Crippen molar-refractivity contribution in [3.05, 3.63) is 0 Å². The van der Waals surface area contributed by atoms with Gasteiger partial charge in [-0.1, -0.05) is 13.8 Å². The molecular formula is C12H23N3O. The van der Waals surface area contributed by atoms with Crippen LogP contribution in [0.15, 0.2) is 0 Å². The van der Waals surface area contributed by atoms with Gasteiger partial charge < -0.3 is 9.80 Å². The summed E-state index contributed by atoms with van der Waals surface area (Å²) < 4.78 is 0. The lowest BCUT2D eigenvalue weighted by atomic mass is 10.2. The molecule has 1 saturated heterocycles. The van der Waals surface area contributed by atoms with Crippen LogP contribution in [0, 0.1) is 0 Å². The molecule has 0 aromatic carbocycles. The number of carbonyl (C=O) groups excluding carboxylic acids is 1. The molecular weight excluding hydrogens is 202 g/mol. The van der Waals surface area contributed by atoms with E-state index in [2.05, 4.69) is 24.1 Å². The summed E-state index contributed by atoms with van der Waals surface area (Å²) in [6.45, 7) is 9.35. The zero-order valence-corrected chi connectivity index (χ0v) is 10.5. The number of amides is 1. The van der Waals surface area contributed by atoms with E-state index in [-0.39, 0.29) is 5.54 Å². The van der Waals surface area contributed by atoms with Crippen molar-refractivity contribution in [2.45, 2.75) is 38.6 Å². The Morgan fingerprint density at radius 3 is 2.56 bits per heavy atom. The second-order valence-electron chi connectivity index (χ2n) is 4.87. The zero-order valence-electron chi connectivity index (χ0n) is 10.5. The average molecular weight is 225 g/mol. The molecule has 1 N–H and O–H groups in total. The lowest BCUT2D eigenvalue weighted by Crippen LogP contribution is -2.34. The number of hydrogen-bond acceptors (Lipinski definition) is 3. The lowest BCUT2D eigenvalue weighted by Gasteiger charge is -2.20. The summed E-state index contributed by atoms with van der Waals surface area (Å²) >= 11 is 0. The second kappa shape index (κ2) is 4.72. The fourth-order valence-electron chi connectivity index (χ4n) is 2.42. The van der Waals surface area contributed by atoms with E-state index in [1.807, 2.05) is 4.90 Å². The molecule has 0 radical (unpaired) electrons. The summed E-state index contributed by atoms with van der Waals surface area (Å²) in [6.07, 6.45) is 3.17. The van der Waals surface area contributed by atoms with Crippen LogP contribution < -0.4 is 5.32 Å². The van der Waals surface area contributed by atoms with Crippen LogP contribution in [0.1, 0.15) is 33.1 Å². The SMILES string of the molecule is CCN(CC)CCCN1CNC2(CC2)C1=O. The van der Waals surface area contributed by atoms with Crippen molar-refractivity contribution in [1.29, 1.82) is 0 Å². The number of nitrogens with zero attached hydrogens (tertiary/aromatic N) is 2. The van der Waals surface area contributed by atoms with Crippen LogP contribution in [0.3, 0.4) is 0 Å². The highest BCUT2D eigenvalue weighted by molar-refractivity contribution is 5.91. The van der Waals surface area contributed by atoms with Gasteiger partial charge >= 0.3 is 0 Å². The van der Waals surface area contributed by atoms with Gasteiger partial charge in [-0.25, -0.2) is 0 Å². The second-order valence-corrected chi connectivity index (χ2v) is 4.87. The molecule has 2 fully saturated rings. The summed E-state index contributed by atoms with van der Waals surface area (Å²) in [7, 11) is 0. The third kappa shape index (κ3) is 2.23. The summed E-state index contributed by atoms with van der Waals surface area (Å²) in [5.41, 5.74) is -0.116. The van der Waals surface area contributed by atoms with Crippen molar-refractivity contribution in [2.24, 2.45) is 0 Å². The molecule has 92 valence electrons. The number of rotatable bonds is 6. The predicted molar refractivity (Wildman–Crippen MR) is 64.1 cm³/mol. The topological polar surface area (TPSA) is 35.6 Å². The third-order valence-corrected chi connectivity index (χ3v) is 3.85. The highest BCUT2D eigenvalue weighted by Crippen LogP contribution is 2.39. The Morgan fingerprint density at radius 1 is 1.38 bits per heavy atom. The van der Waals surface area contributed by atoms with Gasteiger partial charge in [-0.05, 0) is 38.9 Å². The lowest BCUT2D eigenvalue weighted by molar-refractivity contribution is -0.129. The molecule has 1 aliphatic heterocycles. The van der Waals surface area contributed by atoms with E-state index in [1.54, 1.807) is 0 Å². The first-order valence-electron chi connectivity index (χ1n) is 6.48. The van der Waals surface area contributed by atoms with E-state index >= 15 is 0 Å². The fourth-order valence-corrected chi connectivity index (χ4v) is 2.42. The van der Waals surface area contributed by atoms with Crippen molar-refractivity contribution in [1.82, 2.24) is 15.1 Å². The first-order chi connectivity index (χ1) is 7.72. The Labute approximate surface area is 98.0 Å². The van der Waals surface area contributed by atoms with Crippen LogP contribution in [0.5, 0.6) is 0 Å². The maximum atomic E-state index is 12.0. The molecule has 1 spiro atoms. The number of hydrogen-bond donors (Lipinski definition) is 1. The molecule has 0 bridgehead atoms. The summed E-state index contributed by atoms with van der Waals surface area (Å²) in [5, 5.41) is 3.34. The number of carbonyl (C=O) groups is 1. The minimum Gasteiger partial charge on any atom is -0.328 e. The van der Waals surface area contributed by atoms with Crippen LogP contribution in [0.4, 0.5) is 0 Å². The van der Waals surface area contributed by atoms with E-state index in [1.165, 1.54) is 0 Å². The Morgan fingerprint density at radius 2 is 2.06 bits per heavy atom. The summed E-state index contributed by atoms with van der Waals surface area (Å²) in [5.74, 6) is 0.340. The fraction of sp³-hybridized carbons (Fsp3) is 0.917. The van der Waals surface area contributed by atoms with Crippen molar-refractivity contribution < 1.29 is 4.79 Å². The normalized spacial score (nSPS) is 22.4. The van der Waals surface area contributed by atoms with E-state index in [0.717, 1.165) is 52.1 Å². The van der Waals surface area contributed by atoms with Crippen LogP contribution in [-0.4, -0.2) is 54.1 Å². The summed E-state index contributed by atoms with van der Waals surface area (Å²) in [6, 6.07) is 0. The molecule has 0 atom stereocenters. The molecule has 4 nitrogen and oxygen atoms in total. The van der Waals surface area contributed by atoms with Crippen LogP contribution in [0.25, 0.3) is 0 Å². The first kappa shape index (κ1) is 11.9. The maximum Gasteiger partial charge on any atom is 0.243 e. The van der Waals surface area contributed by atoms with Gasteiger partial charge in [0.25, 0.3) is 0 Å². The molecule has 4 heteroatoms. The van der Waals surface area contributed by atoms with Crippen LogP contribution in [0.2, 0.25) is 0 Å². The molecule has 16 heavy (non-hydrogen) atoms. The Balaban J connectivity index is 1.69. The molecule has 0 unspecified atom stereocenters. The van der Waals surface area contributed by atoms with Crippen molar-refractivity contribution >= 4 is 5.91 Å². The zero-order chi connectivity index (χ0) is 11.6. The van der Waals surface area contributed by atoms with Gasteiger partial charge in [0.1, 0.15) is 0 Å². The number of nitrogens with one attached hydrogen (secondary N) is 1. The highest BCUT2D eigenvalue weighted by atomic mass is 16.2. The average Bonchev–Trinajstić information content (AvgIpc) is 3.02. The van der Waals surface area contributed by atoms with Gasteiger partial charge in [0, 0.05) is 6.54 Å². The highest BCUT2D eigenvalue weighted by Gasteiger charge is 2.55. The van der Waals surface area contributed by atoms with E-state index < -0.39 is 0 Å². The standard InChI is InChI=1S/C12H23N3O/c1-3-14(4-2)8-5-9-15-10-13-12(6-7-12)11(15)16/h13H,3-10H2,1-2H3. The Hall–Kier alpha value is -0.610. The van der Waals surface area contributed by atoms with E-state index in [0.29, 0.717) is 5.91 Å². The van der Waals surface area contributed by atoms with Crippen molar-refractivity contribution in [3.8, 4) is 0 Å². The molecule has 2 rings (SSSR count). The minimum absolute atomic E-state index is 0.116. The summed E-state index contributed by atoms with van der Waals surface area (Å²) in [4.78, 5) is 16.3. The van der Waals surface area contributed by atoms with E-state index in [9.17, 15) is 4.79 Å². The van der Waals surface area contributed by atoms with Gasteiger partial charge in [-0.3, -0.25) is 10.1 Å². The maximum absolute atomic E-state index is 12.0. The first-order valence-corrected chi connectivity index (χ1v) is 6.48. The smallest absolute Gasteiger partial charge is 0.243 e. The Kier molecular flexibility index (Phi) is 3.50. The van der Waals surface area contributed by atoms with Gasteiger partial charge in [0.2, 0.25) is 5.91 Å². The van der Waals surface area contributed by atoms with Gasteiger partial charge in [-0.2, -0.15) is 0 Å². The molecule has 2 aliphatic rings. The largest absolute Gasteiger partial charge is 0.328 e. The molecule has 1 saturated carbocycles. The van der Waals surface area contributed by atoms with E-state index in [4.69, 9.17) is 0 Å². The monoisotopic (exact) mass is 225 g/mol. The van der Waals surface area contributed by atoms with Crippen molar-refractivity contribution in [3.63, 3.8) is 0 Å². The quantitative estimate of drug-likeness (QED) is 0.720. The molecule has 0 aromatic heterocycles. The Bertz CT molecular complexity index is 259.